The Morgan fingerprint density at radius 2 is 2.11 bits per heavy atom. The number of alkyl halides is 3. The fraction of sp³-hybridized carbons (Fsp3) is 0.250. The van der Waals surface area contributed by atoms with Crippen molar-refractivity contribution in [3.05, 3.63) is 35.5 Å². The Balaban J connectivity index is 2.35. The number of benzene rings is 1. The molecule has 1 aromatic carbocycles. The number of nitrogens with zero attached hydrogens (tertiary/aromatic N) is 2. The molecule has 0 spiro atoms. The van der Waals surface area contributed by atoms with E-state index in [4.69, 9.17) is 39.5 Å². The summed E-state index contributed by atoms with van der Waals surface area (Å²) in [4.78, 5) is 12.0. The number of aromatic nitrogens is 2. The van der Waals surface area contributed by atoms with Crippen molar-refractivity contribution in [1.29, 1.82) is 0 Å². The second-order valence-corrected chi connectivity index (χ2v) is 6.44. The quantitative estimate of drug-likeness (QED) is 0.628. The summed E-state index contributed by atoms with van der Waals surface area (Å²) in [5.74, 6) is -0.600. The molecule has 100 valence electrons. The van der Waals surface area contributed by atoms with E-state index in [1.165, 1.54) is 6.20 Å². The van der Waals surface area contributed by atoms with Crippen LogP contribution >= 0.6 is 34.8 Å². The number of ether oxygens (including phenoxy) is 1. The minimum Gasteiger partial charge on any atom is -0.457 e. The van der Waals surface area contributed by atoms with Crippen LogP contribution in [0.4, 0.5) is 0 Å². The van der Waals surface area contributed by atoms with E-state index in [1.807, 2.05) is 19.1 Å². The molecule has 7 heteroatoms. The fourth-order valence-corrected chi connectivity index (χ4v) is 1.77. The third kappa shape index (κ3) is 3.47. The minimum atomic E-state index is -1.64. The molecule has 0 unspecified atom stereocenters. The molecule has 0 atom stereocenters. The highest BCUT2D eigenvalue weighted by molar-refractivity contribution is 6.67. The van der Waals surface area contributed by atoms with Crippen LogP contribution in [0.3, 0.4) is 0 Å². The van der Waals surface area contributed by atoms with Gasteiger partial charge in [0, 0.05) is 5.39 Å². The molecule has 0 N–H and O–H groups in total. The zero-order chi connectivity index (χ0) is 14.0. The highest BCUT2D eigenvalue weighted by atomic mass is 35.6. The summed E-state index contributed by atoms with van der Waals surface area (Å²) in [6, 6.07) is 5.47. The van der Waals surface area contributed by atoms with E-state index in [-0.39, 0.29) is 6.61 Å². The fourth-order valence-electron chi connectivity index (χ4n) is 1.61. The maximum Gasteiger partial charge on any atom is 0.340 e. The van der Waals surface area contributed by atoms with Crippen molar-refractivity contribution in [2.24, 2.45) is 0 Å². The zero-order valence-corrected chi connectivity index (χ0v) is 12.1. The van der Waals surface area contributed by atoms with Crippen LogP contribution in [0.2, 0.25) is 0 Å². The average molecular weight is 320 g/mol. The van der Waals surface area contributed by atoms with E-state index in [0.717, 1.165) is 5.56 Å². The van der Waals surface area contributed by atoms with Crippen molar-refractivity contribution in [1.82, 2.24) is 10.2 Å². The highest BCUT2D eigenvalue weighted by Crippen LogP contribution is 2.27. The van der Waals surface area contributed by atoms with Gasteiger partial charge in [0.05, 0.1) is 17.3 Å². The standard InChI is InChI=1S/C12H9Cl3N2O2/c1-7-3-2-4-8-9(5-16-17-10(7)8)11(18)19-6-12(13,14)15/h2-5H,6H2,1H3. The zero-order valence-electron chi connectivity index (χ0n) is 9.86. The lowest BCUT2D eigenvalue weighted by molar-refractivity contribution is 0.0514. The maximum atomic E-state index is 12.0. The molecule has 0 fully saturated rings. The van der Waals surface area contributed by atoms with Crippen molar-refractivity contribution >= 4 is 51.7 Å². The Morgan fingerprint density at radius 3 is 2.79 bits per heavy atom. The Labute approximate surface area is 124 Å². The van der Waals surface area contributed by atoms with Crippen molar-refractivity contribution < 1.29 is 9.53 Å². The number of esters is 1. The lowest BCUT2D eigenvalue weighted by Crippen LogP contribution is -2.17. The number of rotatable bonds is 2. The number of carbonyl (C=O) groups excluding carboxylic acids is 1. The van der Waals surface area contributed by atoms with Crippen LogP contribution in [-0.4, -0.2) is 26.6 Å². The summed E-state index contributed by atoms with van der Waals surface area (Å²) < 4.78 is 3.30. The van der Waals surface area contributed by atoms with Gasteiger partial charge >= 0.3 is 5.97 Å². The maximum absolute atomic E-state index is 12.0. The van der Waals surface area contributed by atoms with Gasteiger partial charge in [-0.3, -0.25) is 0 Å². The average Bonchev–Trinajstić information content (AvgIpc) is 2.35. The third-order valence-electron chi connectivity index (χ3n) is 2.46. The van der Waals surface area contributed by atoms with Gasteiger partial charge in [-0.05, 0) is 12.5 Å². The second kappa shape index (κ2) is 5.49. The van der Waals surface area contributed by atoms with E-state index in [1.54, 1.807) is 6.07 Å². The van der Waals surface area contributed by atoms with E-state index in [0.29, 0.717) is 16.5 Å². The van der Waals surface area contributed by atoms with Crippen LogP contribution in [0.5, 0.6) is 0 Å². The van der Waals surface area contributed by atoms with Crippen LogP contribution in [0.1, 0.15) is 15.9 Å². The van der Waals surface area contributed by atoms with Gasteiger partial charge in [-0.1, -0.05) is 53.0 Å². The molecule has 0 aliphatic carbocycles. The Morgan fingerprint density at radius 1 is 1.37 bits per heavy atom. The van der Waals surface area contributed by atoms with Gasteiger partial charge in [0.15, 0.2) is 0 Å². The van der Waals surface area contributed by atoms with Crippen LogP contribution in [0.15, 0.2) is 24.4 Å². The first-order chi connectivity index (χ1) is 8.88. The summed E-state index contributed by atoms with van der Waals surface area (Å²) in [6.07, 6.45) is 1.34. The van der Waals surface area contributed by atoms with Gasteiger partial charge in [0.2, 0.25) is 3.79 Å². The molecule has 2 rings (SSSR count). The molecule has 0 bridgehead atoms. The molecular weight excluding hydrogens is 311 g/mol. The number of halogens is 3. The van der Waals surface area contributed by atoms with Gasteiger partial charge in [-0.25, -0.2) is 4.79 Å². The molecule has 2 aromatic rings. The predicted octanol–water partition coefficient (Wildman–Crippen LogP) is 3.47. The number of carbonyl (C=O) groups is 1. The molecule has 0 aliphatic heterocycles. The molecule has 0 aliphatic rings. The van der Waals surface area contributed by atoms with Crippen molar-refractivity contribution in [3.8, 4) is 0 Å². The van der Waals surface area contributed by atoms with E-state index >= 15 is 0 Å². The SMILES string of the molecule is Cc1cccc2c(C(=O)OCC(Cl)(Cl)Cl)cnnc12. The molecule has 1 heterocycles. The van der Waals surface area contributed by atoms with Crippen molar-refractivity contribution in [2.45, 2.75) is 10.7 Å². The molecule has 0 amide bonds. The summed E-state index contributed by atoms with van der Waals surface area (Å²) in [5, 5.41) is 8.44. The lowest BCUT2D eigenvalue weighted by Gasteiger charge is -2.12. The summed E-state index contributed by atoms with van der Waals surface area (Å²) in [5.41, 5.74) is 1.86. The van der Waals surface area contributed by atoms with Crippen LogP contribution < -0.4 is 0 Å². The second-order valence-electron chi connectivity index (χ2n) is 3.92. The molecule has 0 saturated carbocycles. The van der Waals surface area contributed by atoms with Crippen LogP contribution in [0.25, 0.3) is 10.9 Å². The minimum absolute atomic E-state index is 0.294. The Kier molecular flexibility index (Phi) is 4.13. The molecular formula is C12H9Cl3N2O2. The Bertz CT molecular complexity index is 626. The van der Waals surface area contributed by atoms with Gasteiger partial charge < -0.3 is 4.74 Å². The Hall–Kier alpha value is -1.10. The number of fused-ring (bicyclic) bond motifs is 1. The van der Waals surface area contributed by atoms with E-state index in [9.17, 15) is 4.79 Å². The predicted molar refractivity (Wildman–Crippen MR) is 74.8 cm³/mol. The summed E-state index contributed by atoms with van der Waals surface area (Å²) in [7, 11) is 0. The number of hydrogen-bond donors (Lipinski definition) is 0. The monoisotopic (exact) mass is 318 g/mol. The molecule has 1 aromatic heterocycles. The third-order valence-corrected chi connectivity index (χ3v) is 2.79. The van der Waals surface area contributed by atoms with Crippen LogP contribution in [0, 0.1) is 6.92 Å². The summed E-state index contributed by atoms with van der Waals surface area (Å²) >= 11 is 16.6. The van der Waals surface area contributed by atoms with Gasteiger partial charge in [0.25, 0.3) is 0 Å². The van der Waals surface area contributed by atoms with Crippen molar-refractivity contribution in [3.63, 3.8) is 0 Å². The van der Waals surface area contributed by atoms with Gasteiger partial charge in [0.1, 0.15) is 6.61 Å². The van der Waals surface area contributed by atoms with Crippen molar-refractivity contribution in [2.75, 3.05) is 6.61 Å². The number of aryl methyl sites for hydroxylation is 1. The molecule has 4 nitrogen and oxygen atoms in total. The summed E-state index contributed by atoms with van der Waals surface area (Å²) in [6.45, 7) is 1.56. The topological polar surface area (TPSA) is 52.1 Å². The molecule has 0 radical (unpaired) electrons. The smallest absolute Gasteiger partial charge is 0.340 e. The normalized spacial score (nSPS) is 11.6. The van der Waals surface area contributed by atoms with Crippen LogP contribution in [-0.2, 0) is 4.74 Å². The largest absolute Gasteiger partial charge is 0.457 e. The molecule has 19 heavy (non-hydrogen) atoms. The first-order valence-electron chi connectivity index (χ1n) is 5.33. The van der Waals surface area contributed by atoms with Gasteiger partial charge in [-0.15, -0.1) is 0 Å². The first-order valence-corrected chi connectivity index (χ1v) is 6.47. The first kappa shape index (κ1) is 14.3. The van der Waals surface area contributed by atoms with E-state index in [2.05, 4.69) is 10.2 Å². The van der Waals surface area contributed by atoms with Gasteiger partial charge in [-0.2, -0.15) is 10.2 Å². The molecule has 0 saturated heterocycles. The lowest BCUT2D eigenvalue weighted by atomic mass is 10.1. The van der Waals surface area contributed by atoms with E-state index < -0.39 is 9.76 Å². The number of hydrogen-bond acceptors (Lipinski definition) is 4. The highest BCUT2D eigenvalue weighted by Gasteiger charge is 2.23.